The zero-order valence-electron chi connectivity index (χ0n) is 13.0. The fourth-order valence-corrected chi connectivity index (χ4v) is 2.82. The fraction of sp³-hybridized carbons (Fsp3) is 0.167. The van der Waals surface area contributed by atoms with Crippen LogP contribution in [0, 0.1) is 10.5 Å². The Morgan fingerprint density at radius 1 is 1.09 bits per heavy atom. The number of benzene rings is 2. The first-order valence-corrected chi connectivity index (χ1v) is 8.36. The van der Waals surface area contributed by atoms with E-state index in [1.165, 1.54) is 0 Å². The number of hydrogen-bond acceptors (Lipinski definition) is 3. The lowest BCUT2D eigenvalue weighted by Gasteiger charge is -2.17. The highest BCUT2D eigenvalue weighted by atomic mass is 127. The molecule has 4 nitrogen and oxygen atoms in total. The summed E-state index contributed by atoms with van der Waals surface area (Å²) >= 11 is 2.22. The van der Waals surface area contributed by atoms with E-state index in [4.69, 9.17) is 0 Å². The van der Waals surface area contributed by atoms with E-state index < -0.39 is 0 Å². The molecule has 0 aliphatic rings. The van der Waals surface area contributed by atoms with Gasteiger partial charge in [0.2, 0.25) is 0 Å². The Labute approximate surface area is 148 Å². The van der Waals surface area contributed by atoms with Crippen molar-refractivity contribution in [3.63, 3.8) is 0 Å². The van der Waals surface area contributed by atoms with Crippen LogP contribution in [-0.4, -0.2) is 27.8 Å². The summed E-state index contributed by atoms with van der Waals surface area (Å²) in [5, 5.41) is 1.04. The van der Waals surface area contributed by atoms with Crippen molar-refractivity contribution in [2.45, 2.75) is 13.5 Å². The van der Waals surface area contributed by atoms with Gasteiger partial charge in [0.05, 0.1) is 12.1 Å². The van der Waals surface area contributed by atoms with Crippen LogP contribution in [0.2, 0.25) is 0 Å². The van der Waals surface area contributed by atoms with E-state index in [2.05, 4.69) is 32.6 Å². The van der Waals surface area contributed by atoms with Crippen molar-refractivity contribution < 1.29 is 4.79 Å². The van der Waals surface area contributed by atoms with Crippen LogP contribution in [-0.2, 0) is 6.54 Å². The molecule has 1 heterocycles. The zero-order valence-corrected chi connectivity index (χ0v) is 15.1. The number of para-hydroxylation sites is 1. The third kappa shape index (κ3) is 3.50. The van der Waals surface area contributed by atoms with Gasteiger partial charge in [0.25, 0.3) is 5.91 Å². The number of aromatic nitrogens is 2. The monoisotopic (exact) mass is 417 g/mol. The second kappa shape index (κ2) is 6.62. The van der Waals surface area contributed by atoms with E-state index in [1.54, 1.807) is 11.9 Å². The maximum atomic E-state index is 12.5. The number of fused-ring (bicyclic) bond motifs is 1. The summed E-state index contributed by atoms with van der Waals surface area (Å²) in [5.74, 6) is 0.623. The number of amides is 1. The lowest BCUT2D eigenvalue weighted by atomic mass is 10.2. The summed E-state index contributed by atoms with van der Waals surface area (Å²) in [6.45, 7) is 2.35. The number of carbonyl (C=O) groups excluding carboxylic acids is 1. The molecule has 0 unspecified atom stereocenters. The van der Waals surface area contributed by atoms with Gasteiger partial charge in [-0.1, -0.05) is 18.2 Å². The van der Waals surface area contributed by atoms with E-state index in [0.717, 1.165) is 20.2 Å². The Morgan fingerprint density at radius 2 is 1.78 bits per heavy atom. The van der Waals surface area contributed by atoms with Crippen molar-refractivity contribution in [3.05, 3.63) is 69.2 Å². The lowest BCUT2D eigenvalue weighted by molar-refractivity contribution is 0.0781. The number of carbonyl (C=O) groups is 1. The molecule has 5 heteroatoms. The molecule has 0 bridgehead atoms. The normalized spacial score (nSPS) is 10.7. The third-order valence-electron chi connectivity index (χ3n) is 3.66. The molecular formula is C18H16IN3O. The van der Waals surface area contributed by atoms with E-state index in [1.807, 2.05) is 55.5 Å². The molecule has 0 spiro atoms. The minimum atomic E-state index is -0.0317. The van der Waals surface area contributed by atoms with Crippen LogP contribution >= 0.6 is 22.6 Å². The van der Waals surface area contributed by atoms with Gasteiger partial charge >= 0.3 is 0 Å². The third-order valence-corrected chi connectivity index (χ3v) is 4.38. The van der Waals surface area contributed by atoms with Crippen LogP contribution < -0.4 is 0 Å². The van der Waals surface area contributed by atoms with Crippen LogP contribution in [0.4, 0.5) is 0 Å². The molecule has 3 rings (SSSR count). The van der Waals surface area contributed by atoms with Crippen molar-refractivity contribution in [1.29, 1.82) is 0 Å². The maximum absolute atomic E-state index is 12.5. The molecule has 0 aliphatic heterocycles. The van der Waals surface area contributed by atoms with Crippen molar-refractivity contribution in [3.8, 4) is 0 Å². The predicted octanol–water partition coefficient (Wildman–Crippen LogP) is 3.82. The first kappa shape index (κ1) is 15.9. The summed E-state index contributed by atoms with van der Waals surface area (Å²) in [4.78, 5) is 23.2. The van der Waals surface area contributed by atoms with Gasteiger partial charge in [0.15, 0.2) is 0 Å². The molecule has 0 saturated carbocycles. The number of aryl methyl sites for hydroxylation is 1. The van der Waals surface area contributed by atoms with Crippen LogP contribution in [0.1, 0.15) is 21.9 Å². The van der Waals surface area contributed by atoms with Gasteiger partial charge in [-0.3, -0.25) is 4.79 Å². The molecule has 2 aromatic carbocycles. The molecule has 0 atom stereocenters. The molecule has 0 fully saturated rings. The van der Waals surface area contributed by atoms with Gasteiger partial charge in [0, 0.05) is 27.3 Å². The molecular weight excluding hydrogens is 401 g/mol. The van der Waals surface area contributed by atoms with Gasteiger partial charge < -0.3 is 4.90 Å². The lowest BCUT2D eigenvalue weighted by Crippen LogP contribution is -2.27. The minimum absolute atomic E-state index is 0.0317. The average molecular weight is 417 g/mol. The van der Waals surface area contributed by atoms with E-state index >= 15 is 0 Å². The summed E-state index contributed by atoms with van der Waals surface area (Å²) in [7, 11) is 1.77. The molecule has 3 aromatic rings. The highest BCUT2D eigenvalue weighted by Gasteiger charge is 2.14. The fourth-order valence-electron chi connectivity index (χ4n) is 2.46. The van der Waals surface area contributed by atoms with Crippen molar-refractivity contribution in [1.82, 2.24) is 14.9 Å². The minimum Gasteiger partial charge on any atom is -0.334 e. The molecule has 0 saturated heterocycles. The van der Waals surface area contributed by atoms with Gasteiger partial charge in [-0.15, -0.1) is 0 Å². The van der Waals surface area contributed by atoms with Crippen LogP contribution in [0.25, 0.3) is 10.9 Å². The molecule has 1 amide bonds. The summed E-state index contributed by atoms with van der Waals surface area (Å²) in [6.07, 6.45) is 0. The molecule has 0 N–H and O–H groups in total. The quantitative estimate of drug-likeness (QED) is 0.609. The standard InChI is InChI=1S/C18H16IN3O/c1-12-15-5-3-4-6-16(15)21-17(20-12)11-22(2)18(23)13-7-9-14(19)10-8-13/h3-10H,11H2,1-2H3. The number of rotatable bonds is 3. The Morgan fingerprint density at radius 3 is 2.52 bits per heavy atom. The second-order valence-electron chi connectivity index (χ2n) is 5.41. The van der Waals surface area contributed by atoms with Gasteiger partial charge in [0.1, 0.15) is 5.82 Å². The molecule has 1 aromatic heterocycles. The van der Waals surface area contributed by atoms with Crippen molar-refractivity contribution in [2.75, 3.05) is 7.05 Å². The first-order chi connectivity index (χ1) is 11.0. The maximum Gasteiger partial charge on any atom is 0.254 e. The van der Waals surface area contributed by atoms with Crippen molar-refractivity contribution in [2.24, 2.45) is 0 Å². The molecule has 116 valence electrons. The first-order valence-electron chi connectivity index (χ1n) is 7.28. The molecule has 0 aliphatic carbocycles. The van der Waals surface area contributed by atoms with Crippen LogP contribution in [0.15, 0.2) is 48.5 Å². The highest BCUT2D eigenvalue weighted by Crippen LogP contribution is 2.16. The van der Waals surface area contributed by atoms with E-state index in [-0.39, 0.29) is 5.91 Å². The second-order valence-corrected chi connectivity index (χ2v) is 6.66. The predicted molar refractivity (Wildman–Crippen MR) is 99.2 cm³/mol. The van der Waals surface area contributed by atoms with Crippen LogP contribution in [0.5, 0.6) is 0 Å². The largest absolute Gasteiger partial charge is 0.334 e. The average Bonchev–Trinajstić information content (AvgIpc) is 2.55. The summed E-state index contributed by atoms with van der Waals surface area (Å²) in [5.41, 5.74) is 2.51. The Hall–Kier alpha value is -2.02. The number of halogens is 1. The van der Waals surface area contributed by atoms with Gasteiger partial charge in [-0.25, -0.2) is 9.97 Å². The Balaban J connectivity index is 1.83. The Bertz CT molecular complexity index is 862. The Kier molecular flexibility index (Phi) is 4.56. The molecule has 23 heavy (non-hydrogen) atoms. The topological polar surface area (TPSA) is 46.1 Å². The van der Waals surface area contributed by atoms with Crippen LogP contribution in [0.3, 0.4) is 0 Å². The molecule has 0 radical (unpaired) electrons. The SMILES string of the molecule is Cc1nc(CN(C)C(=O)c2ccc(I)cc2)nc2ccccc12. The van der Waals surface area contributed by atoms with E-state index in [9.17, 15) is 4.79 Å². The smallest absolute Gasteiger partial charge is 0.254 e. The summed E-state index contributed by atoms with van der Waals surface area (Å²) < 4.78 is 1.11. The summed E-state index contributed by atoms with van der Waals surface area (Å²) in [6, 6.07) is 15.4. The van der Waals surface area contributed by atoms with Crippen molar-refractivity contribution >= 4 is 39.4 Å². The highest BCUT2D eigenvalue weighted by molar-refractivity contribution is 14.1. The van der Waals surface area contributed by atoms with E-state index in [0.29, 0.717) is 17.9 Å². The van der Waals surface area contributed by atoms with Gasteiger partial charge in [-0.05, 0) is 59.8 Å². The number of nitrogens with zero attached hydrogens (tertiary/aromatic N) is 3. The van der Waals surface area contributed by atoms with Gasteiger partial charge in [-0.2, -0.15) is 0 Å². The number of hydrogen-bond donors (Lipinski definition) is 0. The zero-order chi connectivity index (χ0) is 16.4.